The van der Waals surface area contributed by atoms with Crippen LogP contribution in [-0.4, -0.2) is 48.5 Å². The summed E-state index contributed by atoms with van der Waals surface area (Å²) in [5.41, 5.74) is 5.19. The van der Waals surface area contributed by atoms with Gasteiger partial charge in [0.2, 0.25) is 0 Å². The Balaban J connectivity index is 1.82. The normalized spacial score (nSPS) is 23.2. The molecule has 24 heavy (non-hydrogen) atoms. The zero-order valence-corrected chi connectivity index (χ0v) is 14.3. The lowest BCUT2D eigenvalue weighted by molar-refractivity contribution is -0.126. The number of hydrogen-bond acceptors (Lipinski definition) is 3. The predicted octanol–water partition coefficient (Wildman–Crippen LogP) is 3.03. The lowest BCUT2D eigenvalue weighted by Crippen LogP contribution is -2.47. The van der Waals surface area contributed by atoms with Crippen molar-refractivity contribution in [2.24, 2.45) is 5.92 Å². The Kier molecular flexibility index (Phi) is 4.02. The molecular formula is C20H24N2O2. The molecule has 1 aromatic heterocycles. The van der Waals surface area contributed by atoms with Crippen LogP contribution >= 0.6 is 0 Å². The third-order valence-corrected chi connectivity index (χ3v) is 5.33. The number of H-pyrrole nitrogens is 1. The molecule has 0 fully saturated rings. The Labute approximate surface area is 142 Å². The van der Waals surface area contributed by atoms with Crippen LogP contribution in [0.25, 0.3) is 16.5 Å². The maximum Gasteiger partial charge on any atom is 0.166 e. The first-order chi connectivity index (χ1) is 11.7. The molecule has 2 aliphatic rings. The molecule has 1 aliphatic carbocycles. The Hall–Kier alpha value is -1.91. The quantitative estimate of drug-likeness (QED) is 0.919. The topological polar surface area (TPSA) is 45.3 Å². The van der Waals surface area contributed by atoms with E-state index in [0.29, 0.717) is 6.04 Å². The van der Waals surface area contributed by atoms with Crippen molar-refractivity contribution in [1.82, 2.24) is 9.88 Å². The molecule has 0 saturated heterocycles. The van der Waals surface area contributed by atoms with Crippen LogP contribution in [0.15, 0.2) is 30.5 Å². The molecule has 2 unspecified atom stereocenters. The second kappa shape index (κ2) is 6.19. The van der Waals surface area contributed by atoms with Gasteiger partial charge in [0.1, 0.15) is 6.61 Å². The Bertz CT molecular complexity index is 805. The summed E-state index contributed by atoms with van der Waals surface area (Å²) in [5, 5.41) is 1.33. The highest BCUT2D eigenvalue weighted by Gasteiger charge is 2.36. The van der Waals surface area contributed by atoms with Gasteiger partial charge in [-0.25, -0.2) is 0 Å². The lowest BCUT2D eigenvalue weighted by atomic mass is 9.79. The van der Waals surface area contributed by atoms with Gasteiger partial charge in [0.05, 0.1) is 5.92 Å². The summed E-state index contributed by atoms with van der Waals surface area (Å²) in [5.74, 6) is 0.107. The van der Waals surface area contributed by atoms with Gasteiger partial charge in [-0.05, 0) is 42.2 Å². The van der Waals surface area contributed by atoms with Gasteiger partial charge in [-0.2, -0.15) is 0 Å². The number of aromatic nitrogens is 1. The van der Waals surface area contributed by atoms with Gasteiger partial charge >= 0.3 is 0 Å². The standard InChI is InChI=1S/C20H24N2O2/c1-3-7-22-11-14(19(23)12-24-2)8-16-15-5-4-6-17-20(15)13(10-21-17)9-18(16)22/h4-6,8,10,14,18,21H,3,7,9,11-12H2,1-2H3. The monoisotopic (exact) mass is 324 g/mol. The van der Waals surface area contributed by atoms with E-state index in [9.17, 15) is 4.79 Å². The summed E-state index contributed by atoms with van der Waals surface area (Å²) in [4.78, 5) is 18.3. The molecular weight excluding hydrogens is 300 g/mol. The fraction of sp³-hybridized carbons (Fsp3) is 0.450. The highest BCUT2D eigenvalue weighted by atomic mass is 16.5. The van der Waals surface area contributed by atoms with Crippen LogP contribution < -0.4 is 0 Å². The molecule has 2 aromatic rings. The maximum atomic E-state index is 12.5. The highest BCUT2D eigenvalue weighted by Crippen LogP contribution is 2.41. The average molecular weight is 324 g/mol. The second-order valence-electron chi connectivity index (χ2n) is 6.88. The van der Waals surface area contributed by atoms with Gasteiger partial charge in [-0.1, -0.05) is 25.1 Å². The first kappa shape index (κ1) is 15.6. The zero-order chi connectivity index (χ0) is 16.7. The van der Waals surface area contributed by atoms with Crippen LogP contribution in [0.2, 0.25) is 0 Å². The number of carbonyl (C=O) groups is 1. The van der Waals surface area contributed by atoms with Gasteiger partial charge in [0.25, 0.3) is 0 Å². The molecule has 0 spiro atoms. The molecule has 0 saturated carbocycles. The molecule has 2 atom stereocenters. The number of benzene rings is 1. The summed E-state index contributed by atoms with van der Waals surface area (Å²) >= 11 is 0. The number of hydrogen-bond donors (Lipinski definition) is 1. The molecule has 126 valence electrons. The summed E-state index contributed by atoms with van der Waals surface area (Å²) in [6, 6.07) is 6.81. The third-order valence-electron chi connectivity index (χ3n) is 5.33. The number of nitrogens with zero attached hydrogens (tertiary/aromatic N) is 1. The Morgan fingerprint density at radius 1 is 1.42 bits per heavy atom. The Morgan fingerprint density at radius 3 is 3.08 bits per heavy atom. The smallest absolute Gasteiger partial charge is 0.166 e. The van der Waals surface area contributed by atoms with Crippen molar-refractivity contribution in [2.45, 2.75) is 25.8 Å². The highest BCUT2D eigenvalue weighted by molar-refractivity contribution is 5.99. The van der Waals surface area contributed by atoms with Gasteiger partial charge in [-0.15, -0.1) is 0 Å². The van der Waals surface area contributed by atoms with Crippen molar-refractivity contribution < 1.29 is 9.53 Å². The molecule has 2 heterocycles. The number of nitrogens with one attached hydrogen (secondary N) is 1. The number of fused-ring (bicyclic) bond motifs is 2. The van der Waals surface area contributed by atoms with Crippen LogP contribution in [-0.2, 0) is 16.0 Å². The van der Waals surface area contributed by atoms with Crippen molar-refractivity contribution in [3.63, 3.8) is 0 Å². The molecule has 1 aliphatic heterocycles. The van der Waals surface area contributed by atoms with Gasteiger partial charge < -0.3 is 9.72 Å². The molecule has 4 heteroatoms. The van der Waals surface area contributed by atoms with Gasteiger partial charge in [0, 0.05) is 36.8 Å². The summed E-state index contributed by atoms with van der Waals surface area (Å²) in [6.45, 7) is 4.22. The lowest BCUT2D eigenvalue weighted by Gasteiger charge is -2.41. The molecule has 4 rings (SSSR count). The van der Waals surface area contributed by atoms with E-state index in [4.69, 9.17) is 4.74 Å². The van der Waals surface area contributed by atoms with Crippen LogP contribution in [0, 0.1) is 5.92 Å². The minimum atomic E-state index is -0.0708. The number of methoxy groups -OCH3 is 1. The second-order valence-corrected chi connectivity index (χ2v) is 6.88. The van der Waals surface area contributed by atoms with E-state index >= 15 is 0 Å². The molecule has 4 nitrogen and oxygen atoms in total. The third kappa shape index (κ3) is 2.41. The zero-order valence-electron chi connectivity index (χ0n) is 14.3. The minimum Gasteiger partial charge on any atom is -0.377 e. The summed E-state index contributed by atoms with van der Waals surface area (Å²) in [7, 11) is 1.59. The van der Waals surface area contributed by atoms with Crippen molar-refractivity contribution in [3.05, 3.63) is 41.6 Å². The maximum absolute atomic E-state index is 12.5. The number of rotatable bonds is 5. The minimum absolute atomic E-state index is 0.0708. The summed E-state index contributed by atoms with van der Waals surface area (Å²) in [6.07, 6.45) is 6.48. The number of aromatic amines is 1. The van der Waals surface area contributed by atoms with Crippen molar-refractivity contribution in [1.29, 1.82) is 0 Å². The molecule has 0 radical (unpaired) electrons. The van der Waals surface area contributed by atoms with Gasteiger partial charge in [-0.3, -0.25) is 9.69 Å². The Morgan fingerprint density at radius 2 is 2.29 bits per heavy atom. The molecule has 1 N–H and O–H groups in total. The van der Waals surface area contributed by atoms with Crippen molar-refractivity contribution >= 4 is 22.3 Å². The predicted molar refractivity (Wildman–Crippen MR) is 96.0 cm³/mol. The van der Waals surface area contributed by atoms with E-state index in [1.165, 1.54) is 27.6 Å². The van der Waals surface area contributed by atoms with E-state index in [1.807, 2.05) is 0 Å². The van der Waals surface area contributed by atoms with E-state index in [-0.39, 0.29) is 18.3 Å². The van der Waals surface area contributed by atoms with E-state index in [1.54, 1.807) is 7.11 Å². The first-order valence-electron chi connectivity index (χ1n) is 8.79. The van der Waals surface area contributed by atoms with E-state index in [0.717, 1.165) is 25.9 Å². The molecule has 0 amide bonds. The fourth-order valence-corrected chi connectivity index (χ4v) is 4.31. The number of ether oxygens (including phenoxy) is 1. The van der Waals surface area contributed by atoms with E-state index in [2.05, 4.69) is 47.3 Å². The fourth-order valence-electron chi connectivity index (χ4n) is 4.31. The van der Waals surface area contributed by atoms with E-state index < -0.39 is 0 Å². The summed E-state index contributed by atoms with van der Waals surface area (Å²) < 4.78 is 5.09. The SMILES string of the molecule is CCCN1CC(C(=O)COC)C=C2c3cccc4[nH]cc(c34)CC21. The molecule has 1 aromatic carbocycles. The number of ketones is 1. The van der Waals surface area contributed by atoms with Crippen LogP contribution in [0.1, 0.15) is 24.5 Å². The van der Waals surface area contributed by atoms with Crippen LogP contribution in [0.4, 0.5) is 0 Å². The van der Waals surface area contributed by atoms with Crippen LogP contribution in [0.3, 0.4) is 0 Å². The van der Waals surface area contributed by atoms with Gasteiger partial charge in [0.15, 0.2) is 5.78 Å². The largest absolute Gasteiger partial charge is 0.377 e. The van der Waals surface area contributed by atoms with Crippen molar-refractivity contribution in [2.75, 3.05) is 26.8 Å². The number of Topliss-reactive ketones (excluding diaryl/α,β-unsaturated/α-hetero) is 1. The first-order valence-corrected chi connectivity index (χ1v) is 8.79. The van der Waals surface area contributed by atoms with Crippen molar-refractivity contribution in [3.8, 4) is 0 Å². The van der Waals surface area contributed by atoms with Crippen LogP contribution in [0.5, 0.6) is 0 Å². The molecule has 0 bridgehead atoms. The average Bonchev–Trinajstić information content (AvgIpc) is 3.00. The number of carbonyl (C=O) groups excluding carboxylic acids is 1.